The maximum atomic E-state index is 13.7. The Kier molecular flexibility index (Phi) is 10.2. The number of rotatable bonds is 8. The summed E-state index contributed by atoms with van der Waals surface area (Å²) in [6, 6.07) is 16.1. The Hall–Kier alpha value is -3.71. The molecule has 0 aliphatic carbocycles. The SMILES string of the molecule is O=C(COCc1ccccc1)NCCN1CCC2(CC1)C(=O)NCN2c1cccc(F)c1.O=C(O)C(F)(F)F. The first-order valence-corrected chi connectivity index (χ1v) is 12.2. The fourth-order valence-electron chi connectivity index (χ4n) is 4.46. The molecule has 212 valence electrons. The fraction of sp³-hybridized carbons (Fsp3) is 0.423. The number of hydrogen-bond donors (Lipinski definition) is 3. The van der Waals surface area contributed by atoms with E-state index in [2.05, 4.69) is 15.5 Å². The van der Waals surface area contributed by atoms with Crippen LogP contribution in [-0.4, -0.2) is 79.0 Å². The molecule has 3 N–H and O–H groups in total. The summed E-state index contributed by atoms with van der Waals surface area (Å²) in [5.41, 5.74) is 1.11. The summed E-state index contributed by atoms with van der Waals surface area (Å²) in [5.74, 6) is -3.20. The molecule has 0 unspecified atom stereocenters. The van der Waals surface area contributed by atoms with E-state index in [9.17, 15) is 27.2 Å². The Labute approximate surface area is 222 Å². The summed E-state index contributed by atoms with van der Waals surface area (Å²) in [6.45, 7) is 3.54. The molecule has 1 spiro atoms. The maximum absolute atomic E-state index is 13.7. The van der Waals surface area contributed by atoms with Crippen molar-refractivity contribution in [2.75, 3.05) is 44.4 Å². The van der Waals surface area contributed by atoms with Crippen LogP contribution in [0.1, 0.15) is 18.4 Å². The summed E-state index contributed by atoms with van der Waals surface area (Å²) < 4.78 is 50.9. The number of alkyl halides is 3. The molecule has 2 fully saturated rings. The Morgan fingerprint density at radius 2 is 1.74 bits per heavy atom. The van der Waals surface area contributed by atoms with Gasteiger partial charge in [0.1, 0.15) is 18.0 Å². The number of hydrogen-bond acceptors (Lipinski definition) is 6. The van der Waals surface area contributed by atoms with Crippen molar-refractivity contribution < 1.29 is 41.8 Å². The largest absolute Gasteiger partial charge is 0.490 e. The highest BCUT2D eigenvalue weighted by atomic mass is 19.4. The highest BCUT2D eigenvalue weighted by Crippen LogP contribution is 2.36. The number of amides is 2. The van der Waals surface area contributed by atoms with Crippen molar-refractivity contribution in [1.82, 2.24) is 15.5 Å². The highest BCUT2D eigenvalue weighted by Gasteiger charge is 2.50. The molecular weight excluding hydrogens is 524 g/mol. The lowest BCUT2D eigenvalue weighted by atomic mass is 9.85. The van der Waals surface area contributed by atoms with Crippen molar-refractivity contribution in [2.24, 2.45) is 0 Å². The van der Waals surface area contributed by atoms with Gasteiger partial charge in [-0.25, -0.2) is 9.18 Å². The number of likely N-dealkylation sites (tertiary alicyclic amines) is 1. The van der Waals surface area contributed by atoms with Crippen LogP contribution in [0, 0.1) is 5.82 Å². The van der Waals surface area contributed by atoms with Crippen LogP contribution in [0.4, 0.5) is 23.2 Å². The van der Waals surface area contributed by atoms with Crippen LogP contribution in [-0.2, 0) is 25.7 Å². The smallest absolute Gasteiger partial charge is 0.475 e. The van der Waals surface area contributed by atoms with Crippen LogP contribution < -0.4 is 15.5 Å². The third-order valence-electron chi connectivity index (χ3n) is 6.48. The lowest BCUT2D eigenvalue weighted by molar-refractivity contribution is -0.192. The number of aliphatic carboxylic acids is 1. The average molecular weight is 555 g/mol. The number of anilines is 1. The number of carbonyl (C=O) groups is 3. The Bertz CT molecular complexity index is 1120. The van der Waals surface area contributed by atoms with Crippen molar-refractivity contribution >= 4 is 23.5 Å². The number of nitrogens with one attached hydrogen (secondary N) is 2. The monoisotopic (exact) mass is 554 g/mol. The lowest BCUT2D eigenvalue weighted by Gasteiger charge is -2.43. The predicted molar refractivity (Wildman–Crippen MR) is 133 cm³/mol. The molecule has 2 aromatic rings. The molecule has 0 bridgehead atoms. The second-order valence-corrected chi connectivity index (χ2v) is 9.08. The molecule has 9 nitrogen and oxygen atoms in total. The fourth-order valence-corrected chi connectivity index (χ4v) is 4.46. The Morgan fingerprint density at radius 1 is 1.08 bits per heavy atom. The van der Waals surface area contributed by atoms with Gasteiger partial charge in [0.25, 0.3) is 0 Å². The van der Waals surface area contributed by atoms with E-state index in [1.54, 1.807) is 6.07 Å². The zero-order chi connectivity index (χ0) is 28.5. The topological polar surface area (TPSA) is 111 Å². The molecule has 39 heavy (non-hydrogen) atoms. The first-order chi connectivity index (χ1) is 18.5. The van der Waals surface area contributed by atoms with Gasteiger partial charge in [-0.2, -0.15) is 13.2 Å². The van der Waals surface area contributed by atoms with Gasteiger partial charge in [0, 0.05) is 31.9 Å². The number of ether oxygens (including phenoxy) is 1. The highest BCUT2D eigenvalue weighted by molar-refractivity contribution is 5.93. The lowest BCUT2D eigenvalue weighted by Crippen LogP contribution is -2.57. The minimum Gasteiger partial charge on any atom is -0.475 e. The van der Waals surface area contributed by atoms with Crippen molar-refractivity contribution in [1.29, 1.82) is 0 Å². The van der Waals surface area contributed by atoms with Crippen LogP contribution in [0.15, 0.2) is 54.6 Å². The van der Waals surface area contributed by atoms with Gasteiger partial charge < -0.3 is 30.3 Å². The molecule has 2 heterocycles. The molecule has 0 atom stereocenters. The average Bonchev–Trinajstić information content (AvgIpc) is 3.21. The second kappa shape index (κ2) is 13.4. The van der Waals surface area contributed by atoms with E-state index in [1.165, 1.54) is 12.1 Å². The van der Waals surface area contributed by atoms with E-state index in [0.717, 1.165) is 24.3 Å². The van der Waals surface area contributed by atoms with Crippen molar-refractivity contribution in [3.8, 4) is 0 Å². The zero-order valence-electron chi connectivity index (χ0n) is 21.0. The van der Waals surface area contributed by atoms with Gasteiger partial charge in [0.15, 0.2) is 0 Å². The van der Waals surface area contributed by atoms with Crippen LogP contribution in [0.5, 0.6) is 0 Å². The molecule has 0 saturated carbocycles. The minimum absolute atomic E-state index is 0.00489. The summed E-state index contributed by atoms with van der Waals surface area (Å²) in [7, 11) is 0. The van der Waals surface area contributed by atoms with E-state index < -0.39 is 17.7 Å². The quantitative estimate of drug-likeness (QED) is 0.430. The van der Waals surface area contributed by atoms with Crippen LogP contribution in [0.25, 0.3) is 0 Å². The molecule has 2 aliphatic rings. The van der Waals surface area contributed by atoms with E-state index in [1.807, 2.05) is 41.3 Å². The Morgan fingerprint density at radius 3 is 2.36 bits per heavy atom. The van der Waals surface area contributed by atoms with E-state index in [-0.39, 0.29) is 24.2 Å². The second-order valence-electron chi connectivity index (χ2n) is 9.08. The third-order valence-corrected chi connectivity index (χ3v) is 6.48. The number of carboxylic acid groups (broad SMARTS) is 1. The summed E-state index contributed by atoms with van der Waals surface area (Å²) in [5, 5.41) is 12.9. The standard InChI is InChI=1S/C24H29FN4O3.C2HF3O2/c25-20-7-4-8-21(15-20)29-18-27-23(31)24(29)9-12-28(13-10-24)14-11-26-22(30)17-32-16-19-5-2-1-3-6-19;3-2(4,5)1(6)7/h1-8,15H,9-14,16-18H2,(H,26,30)(H,27,31);(H,6,7). The van der Waals surface area contributed by atoms with Crippen LogP contribution in [0.2, 0.25) is 0 Å². The molecule has 2 saturated heterocycles. The number of nitrogens with zero attached hydrogens (tertiary/aromatic N) is 2. The van der Waals surface area contributed by atoms with E-state index in [0.29, 0.717) is 39.2 Å². The van der Waals surface area contributed by atoms with Crippen molar-refractivity contribution in [3.05, 3.63) is 66.0 Å². The Balaban J connectivity index is 0.000000532. The third kappa shape index (κ3) is 8.39. The number of halogens is 4. The molecule has 2 aromatic carbocycles. The number of benzene rings is 2. The van der Waals surface area contributed by atoms with Gasteiger partial charge in [0.05, 0.1) is 13.3 Å². The van der Waals surface area contributed by atoms with Crippen molar-refractivity contribution in [2.45, 2.75) is 31.2 Å². The van der Waals surface area contributed by atoms with E-state index in [4.69, 9.17) is 14.6 Å². The molecule has 0 aromatic heterocycles. The van der Waals surface area contributed by atoms with Crippen LogP contribution in [0.3, 0.4) is 0 Å². The van der Waals surface area contributed by atoms with Gasteiger partial charge in [-0.05, 0) is 36.6 Å². The first kappa shape index (κ1) is 29.8. The van der Waals surface area contributed by atoms with Crippen molar-refractivity contribution in [3.63, 3.8) is 0 Å². The minimum atomic E-state index is -5.08. The van der Waals surface area contributed by atoms with Crippen LogP contribution >= 0.6 is 0 Å². The van der Waals surface area contributed by atoms with Gasteiger partial charge >= 0.3 is 12.1 Å². The summed E-state index contributed by atoms with van der Waals surface area (Å²) >= 11 is 0. The van der Waals surface area contributed by atoms with Gasteiger partial charge in [0.2, 0.25) is 11.8 Å². The van der Waals surface area contributed by atoms with Gasteiger partial charge in [-0.1, -0.05) is 36.4 Å². The maximum Gasteiger partial charge on any atom is 0.490 e. The molecule has 2 amide bonds. The number of carbonyl (C=O) groups excluding carboxylic acids is 2. The molecule has 0 radical (unpaired) electrons. The molecular formula is C26H30F4N4O5. The predicted octanol–water partition coefficient (Wildman–Crippen LogP) is 2.52. The number of piperidine rings is 1. The summed E-state index contributed by atoms with van der Waals surface area (Å²) in [4.78, 5) is 37.8. The van der Waals surface area contributed by atoms with E-state index >= 15 is 0 Å². The molecule has 13 heteroatoms. The number of carboxylic acids is 1. The molecule has 2 aliphatic heterocycles. The summed E-state index contributed by atoms with van der Waals surface area (Å²) in [6.07, 6.45) is -3.77. The van der Waals surface area contributed by atoms with Gasteiger partial charge in [-0.3, -0.25) is 9.59 Å². The molecule has 4 rings (SSSR count). The first-order valence-electron chi connectivity index (χ1n) is 12.2. The van der Waals surface area contributed by atoms with Gasteiger partial charge in [-0.15, -0.1) is 0 Å². The zero-order valence-corrected chi connectivity index (χ0v) is 21.0. The normalized spacial score (nSPS) is 16.8.